The Balaban J connectivity index is 1.69. The first-order chi connectivity index (χ1) is 13.1. The Morgan fingerprint density at radius 3 is 2.78 bits per heavy atom. The molecule has 134 valence electrons. The van der Waals surface area contributed by atoms with Gasteiger partial charge in [0.25, 0.3) is 0 Å². The van der Waals surface area contributed by atoms with E-state index in [0.29, 0.717) is 22.9 Å². The van der Waals surface area contributed by atoms with Crippen LogP contribution in [-0.4, -0.2) is 19.9 Å². The third-order valence-corrected chi connectivity index (χ3v) is 4.56. The number of halogens is 1. The van der Waals surface area contributed by atoms with E-state index in [4.69, 9.17) is 10.5 Å². The number of hydrogen-bond donors (Lipinski definition) is 2. The number of ether oxygens (including phenoxy) is 1. The van der Waals surface area contributed by atoms with Gasteiger partial charge in [-0.05, 0) is 37.3 Å². The van der Waals surface area contributed by atoms with E-state index in [0.717, 1.165) is 15.6 Å². The standard InChI is InChI=1S/C19H15BrN6O/c1-11-4-2-6-15(25-11)26-18-16(21)19(24-10-23-18)27-14-8-7-13(20)12-5-3-9-22-17(12)14/h2-10H,21H2,1H3,(H,23,24,25,26). The predicted octanol–water partition coefficient (Wildman–Crippen LogP) is 4.61. The molecule has 0 spiro atoms. The number of rotatable bonds is 4. The van der Waals surface area contributed by atoms with Gasteiger partial charge < -0.3 is 15.8 Å². The zero-order valence-corrected chi connectivity index (χ0v) is 15.9. The maximum absolute atomic E-state index is 6.22. The number of fused-ring (bicyclic) bond motifs is 1. The van der Waals surface area contributed by atoms with Gasteiger partial charge in [0, 0.05) is 21.7 Å². The van der Waals surface area contributed by atoms with E-state index in [9.17, 15) is 0 Å². The highest BCUT2D eigenvalue weighted by Gasteiger charge is 2.14. The van der Waals surface area contributed by atoms with Crippen molar-refractivity contribution in [1.29, 1.82) is 0 Å². The smallest absolute Gasteiger partial charge is 0.248 e. The fraction of sp³-hybridized carbons (Fsp3) is 0.0526. The molecule has 3 heterocycles. The summed E-state index contributed by atoms with van der Waals surface area (Å²) >= 11 is 3.52. The van der Waals surface area contributed by atoms with Crippen molar-refractivity contribution in [2.45, 2.75) is 6.92 Å². The summed E-state index contributed by atoms with van der Waals surface area (Å²) in [7, 11) is 0. The molecule has 0 aliphatic heterocycles. The van der Waals surface area contributed by atoms with Gasteiger partial charge in [0.2, 0.25) is 5.88 Å². The van der Waals surface area contributed by atoms with Crippen molar-refractivity contribution >= 4 is 44.2 Å². The lowest BCUT2D eigenvalue weighted by Crippen LogP contribution is -2.04. The molecule has 0 amide bonds. The van der Waals surface area contributed by atoms with Crippen LogP contribution in [0.4, 0.5) is 17.3 Å². The molecule has 0 fully saturated rings. The summed E-state index contributed by atoms with van der Waals surface area (Å²) in [5.41, 5.74) is 8.10. The highest BCUT2D eigenvalue weighted by molar-refractivity contribution is 9.10. The number of hydrogen-bond acceptors (Lipinski definition) is 7. The van der Waals surface area contributed by atoms with Crippen LogP contribution in [0.1, 0.15) is 5.69 Å². The number of pyridine rings is 2. The van der Waals surface area contributed by atoms with Gasteiger partial charge >= 0.3 is 0 Å². The van der Waals surface area contributed by atoms with E-state index in [1.54, 1.807) is 6.20 Å². The van der Waals surface area contributed by atoms with Gasteiger partial charge in [-0.1, -0.05) is 28.1 Å². The van der Waals surface area contributed by atoms with Crippen molar-refractivity contribution in [2.24, 2.45) is 0 Å². The molecular weight excluding hydrogens is 408 g/mol. The summed E-state index contributed by atoms with van der Waals surface area (Å²) in [5.74, 6) is 1.86. The molecule has 1 aromatic carbocycles. The molecule has 3 N–H and O–H groups in total. The molecule has 4 aromatic rings. The Hall–Kier alpha value is -3.26. The molecule has 0 bridgehead atoms. The van der Waals surface area contributed by atoms with Crippen molar-refractivity contribution < 1.29 is 4.74 Å². The number of anilines is 3. The fourth-order valence-electron chi connectivity index (χ4n) is 2.59. The molecule has 0 radical (unpaired) electrons. The fourth-order valence-corrected chi connectivity index (χ4v) is 3.04. The van der Waals surface area contributed by atoms with E-state index >= 15 is 0 Å². The first-order valence-electron chi connectivity index (χ1n) is 8.14. The van der Waals surface area contributed by atoms with Gasteiger partial charge in [-0.2, -0.15) is 4.98 Å². The Bertz CT molecular complexity index is 1130. The molecule has 0 atom stereocenters. The first kappa shape index (κ1) is 17.2. The summed E-state index contributed by atoms with van der Waals surface area (Å²) in [6, 6.07) is 13.2. The topological polar surface area (TPSA) is 98.8 Å². The zero-order chi connectivity index (χ0) is 18.8. The second-order valence-corrected chi connectivity index (χ2v) is 6.63. The Kier molecular flexibility index (Phi) is 4.55. The third kappa shape index (κ3) is 3.52. The Morgan fingerprint density at radius 1 is 1.04 bits per heavy atom. The van der Waals surface area contributed by atoms with Gasteiger partial charge in [-0.25, -0.2) is 9.97 Å². The molecule has 0 aliphatic rings. The largest absolute Gasteiger partial charge is 0.435 e. The van der Waals surface area contributed by atoms with Crippen molar-refractivity contribution in [1.82, 2.24) is 19.9 Å². The molecule has 7 nitrogen and oxygen atoms in total. The maximum atomic E-state index is 6.22. The van der Waals surface area contributed by atoms with Gasteiger partial charge in [0.15, 0.2) is 11.6 Å². The number of nitrogens with two attached hydrogens (primary N) is 1. The quantitative estimate of drug-likeness (QED) is 0.495. The van der Waals surface area contributed by atoms with Crippen LogP contribution >= 0.6 is 15.9 Å². The van der Waals surface area contributed by atoms with Gasteiger partial charge in [0.1, 0.15) is 23.3 Å². The molecule has 8 heteroatoms. The molecule has 27 heavy (non-hydrogen) atoms. The van der Waals surface area contributed by atoms with Crippen LogP contribution in [-0.2, 0) is 0 Å². The van der Waals surface area contributed by atoms with Crippen LogP contribution in [0.25, 0.3) is 10.9 Å². The Labute approximate surface area is 163 Å². The first-order valence-corrected chi connectivity index (χ1v) is 8.93. The minimum atomic E-state index is 0.245. The molecule has 0 aliphatic carbocycles. The molecule has 0 saturated heterocycles. The van der Waals surface area contributed by atoms with E-state index in [1.807, 2.05) is 49.4 Å². The molecule has 3 aromatic heterocycles. The lowest BCUT2D eigenvalue weighted by atomic mass is 10.2. The zero-order valence-electron chi connectivity index (χ0n) is 14.3. The predicted molar refractivity (Wildman–Crippen MR) is 108 cm³/mol. The number of benzene rings is 1. The van der Waals surface area contributed by atoms with E-state index in [2.05, 4.69) is 41.2 Å². The second kappa shape index (κ2) is 7.16. The highest BCUT2D eigenvalue weighted by atomic mass is 79.9. The lowest BCUT2D eigenvalue weighted by Gasteiger charge is -2.13. The molecule has 0 saturated carbocycles. The lowest BCUT2D eigenvalue weighted by molar-refractivity contribution is 0.469. The number of nitrogen functional groups attached to an aromatic ring is 1. The van der Waals surface area contributed by atoms with Crippen LogP contribution in [0, 0.1) is 6.92 Å². The van der Waals surface area contributed by atoms with Crippen LogP contribution in [0.5, 0.6) is 11.6 Å². The van der Waals surface area contributed by atoms with Gasteiger partial charge in [-0.15, -0.1) is 0 Å². The maximum Gasteiger partial charge on any atom is 0.248 e. The van der Waals surface area contributed by atoms with Crippen LogP contribution in [0.3, 0.4) is 0 Å². The molecule has 4 rings (SSSR count). The average Bonchev–Trinajstić information content (AvgIpc) is 2.67. The second-order valence-electron chi connectivity index (χ2n) is 5.78. The number of aryl methyl sites for hydroxylation is 1. The summed E-state index contributed by atoms with van der Waals surface area (Å²) in [5, 5.41) is 4.03. The van der Waals surface area contributed by atoms with E-state index in [1.165, 1.54) is 6.33 Å². The normalized spacial score (nSPS) is 10.7. The third-order valence-electron chi connectivity index (χ3n) is 3.87. The van der Waals surface area contributed by atoms with Crippen molar-refractivity contribution in [3.63, 3.8) is 0 Å². The van der Waals surface area contributed by atoms with Crippen molar-refractivity contribution in [3.05, 3.63) is 65.2 Å². The summed E-state index contributed by atoms with van der Waals surface area (Å²) < 4.78 is 6.89. The van der Waals surface area contributed by atoms with E-state index in [-0.39, 0.29) is 11.6 Å². The van der Waals surface area contributed by atoms with Crippen LogP contribution < -0.4 is 15.8 Å². The number of nitrogens with one attached hydrogen (secondary N) is 1. The van der Waals surface area contributed by atoms with E-state index < -0.39 is 0 Å². The summed E-state index contributed by atoms with van der Waals surface area (Å²) in [6.07, 6.45) is 3.10. The van der Waals surface area contributed by atoms with Crippen molar-refractivity contribution in [2.75, 3.05) is 11.1 Å². The highest BCUT2D eigenvalue weighted by Crippen LogP contribution is 2.35. The monoisotopic (exact) mass is 422 g/mol. The van der Waals surface area contributed by atoms with Crippen LogP contribution in [0.15, 0.2) is 59.5 Å². The molecular formula is C19H15BrN6O. The summed E-state index contributed by atoms with van der Waals surface area (Å²) in [6.45, 7) is 1.91. The minimum Gasteiger partial charge on any atom is -0.435 e. The van der Waals surface area contributed by atoms with Crippen LogP contribution in [0.2, 0.25) is 0 Å². The SMILES string of the molecule is Cc1cccc(Nc2ncnc(Oc3ccc(Br)c4cccnc34)c2N)n1. The molecule has 0 unspecified atom stereocenters. The summed E-state index contributed by atoms with van der Waals surface area (Å²) in [4.78, 5) is 17.1. The Morgan fingerprint density at radius 2 is 1.93 bits per heavy atom. The minimum absolute atomic E-state index is 0.245. The number of aromatic nitrogens is 4. The van der Waals surface area contributed by atoms with Crippen molar-refractivity contribution in [3.8, 4) is 11.6 Å². The van der Waals surface area contributed by atoms with Gasteiger partial charge in [-0.3, -0.25) is 4.98 Å². The average molecular weight is 423 g/mol. The van der Waals surface area contributed by atoms with Gasteiger partial charge in [0.05, 0.1) is 0 Å². The number of nitrogens with zero attached hydrogens (tertiary/aromatic N) is 4.